The summed E-state index contributed by atoms with van der Waals surface area (Å²) in [5.74, 6) is 0.564. The minimum atomic E-state index is -1.90. The van der Waals surface area contributed by atoms with Crippen LogP contribution in [0.15, 0.2) is 42.5 Å². The molecule has 1 rings (SSSR count). The van der Waals surface area contributed by atoms with Gasteiger partial charge in [-0.05, 0) is 48.9 Å². The van der Waals surface area contributed by atoms with Gasteiger partial charge < -0.3 is 9.74 Å². The maximum absolute atomic E-state index is 12.1. The number of hydrogen-bond acceptors (Lipinski definition) is 2. The van der Waals surface area contributed by atoms with Gasteiger partial charge in [-0.1, -0.05) is 71.0 Å². The summed E-state index contributed by atoms with van der Waals surface area (Å²) in [6.45, 7) is 16.3. The van der Waals surface area contributed by atoms with Gasteiger partial charge in [0.15, 0.2) is 8.32 Å². The first-order valence-corrected chi connectivity index (χ1v) is 13.1. The van der Waals surface area contributed by atoms with Crippen LogP contribution in [0.5, 0.6) is 0 Å². The van der Waals surface area contributed by atoms with E-state index in [4.69, 9.17) is 4.43 Å². The van der Waals surface area contributed by atoms with Crippen LogP contribution >= 0.6 is 0 Å². The number of rotatable bonds is 10. The largest absolute Gasteiger partial charge is 0.411 e. The van der Waals surface area contributed by atoms with E-state index in [1.807, 2.05) is 12.1 Å². The zero-order chi connectivity index (χ0) is 20.5. The van der Waals surface area contributed by atoms with E-state index in [0.29, 0.717) is 5.92 Å². The fourth-order valence-electron chi connectivity index (χ4n) is 2.44. The molecule has 0 bridgehead atoms. The fourth-order valence-corrected chi connectivity index (χ4v) is 3.75. The lowest BCUT2D eigenvalue weighted by Crippen LogP contribution is -2.43. The first-order valence-electron chi connectivity index (χ1n) is 10.2. The predicted molar refractivity (Wildman–Crippen MR) is 118 cm³/mol. The molecule has 0 aliphatic heterocycles. The Morgan fingerprint density at radius 2 is 1.78 bits per heavy atom. The molecule has 4 heteroatoms. The topological polar surface area (TPSA) is 38.3 Å². The van der Waals surface area contributed by atoms with E-state index in [1.54, 1.807) is 6.08 Å². The van der Waals surface area contributed by atoms with Crippen LogP contribution in [-0.2, 0) is 15.6 Å². The van der Waals surface area contributed by atoms with Crippen molar-refractivity contribution in [1.82, 2.24) is 5.32 Å². The van der Waals surface area contributed by atoms with Gasteiger partial charge in [0.05, 0.1) is 6.10 Å². The number of carbonyl (C=O) groups excluding carboxylic acids is 1. The SMILES string of the molecule is CC(C)CCNC(=O)/C=C\C(CCc1ccccc1)O[Si](C)(C)C(C)(C)C. The number of carbonyl (C=O) groups is 1. The van der Waals surface area contributed by atoms with Gasteiger partial charge >= 0.3 is 0 Å². The molecule has 0 spiro atoms. The smallest absolute Gasteiger partial charge is 0.243 e. The minimum Gasteiger partial charge on any atom is -0.411 e. The Morgan fingerprint density at radius 1 is 1.15 bits per heavy atom. The molecule has 0 saturated heterocycles. The van der Waals surface area contributed by atoms with E-state index in [2.05, 4.69) is 77.3 Å². The third-order valence-corrected chi connectivity index (χ3v) is 9.80. The Hall–Kier alpha value is -1.39. The first-order chi connectivity index (χ1) is 12.5. The highest BCUT2D eigenvalue weighted by molar-refractivity contribution is 6.74. The van der Waals surface area contributed by atoms with Crippen LogP contribution in [0.1, 0.15) is 53.0 Å². The summed E-state index contributed by atoms with van der Waals surface area (Å²) in [5, 5.41) is 3.11. The van der Waals surface area contributed by atoms with E-state index in [0.717, 1.165) is 25.8 Å². The highest BCUT2D eigenvalue weighted by atomic mass is 28.4. The van der Waals surface area contributed by atoms with E-state index in [1.165, 1.54) is 5.56 Å². The summed E-state index contributed by atoms with van der Waals surface area (Å²) in [6, 6.07) is 10.5. The van der Waals surface area contributed by atoms with E-state index < -0.39 is 8.32 Å². The quantitative estimate of drug-likeness (QED) is 0.410. The lowest BCUT2D eigenvalue weighted by Gasteiger charge is -2.38. The molecule has 27 heavy (non-hydrogen) atoms. The molecule has 0 aliphatic rings. The first kappa shape index (κ1) is 23.6. The number of amides is 1. The van der Waals surface area contributed by atoms with Crippen molar-refractivity contribution in [3.63, 3.8) is 0 Å². The zero-order valence-electron chi connectivity index (χ0n) is 18.3. The second kappa shape index (κ2) is 10.8. The lowest BCUT2D eigenvalue weighted by molar-refractivity contribution is -0.116. The summed E-state index contributed by atoms with van der Waals surface area (Å²) in [7, 11) is -1.90. The molecule has 1 N–H and O–H groups in total. The monoisotopic (exact) mass is 389 g/mol. The molecule has 1 aromatic rings. The van der Waals surface area contributed by atoms with Crippen molar-refractivity contribution in [2.24, 2.45) is 5.92 Å². The van der Waals surface area contributed by atoms with Crippen LogP contribution < -0.4 is 5.32 Å². The Morgan fingerprint density at radius 3 is 2.33 bits per heavy atom. The number of aryl methyl sites for hydroxylation is 1. The van der Waals surface area contributed by atoms with E-state index in [-0.39, 0.29) is 17.0 Å². The highest BCUT2D eigenvalue weighted by Crippen LogP contribution is 2.37. The Balaban J connectivity index is 2.74. The molecule has 1 atom stereocenters. The van der Waals surface area contributed by atoms with Crippen molar-refractivity contribution in [3.8, 4) is 0 Å². The fraction of sp³-hybridized carbons (Fsp3) is 0.609. The molecule has 0 aromatic heterocycles. The van der Waals surface area contributed by atoms with Crippen LogP contribution in [0.2, 0.25) is 18.1 Å². The van der Waals surface area contributed by atoms with Gasteiger partial charge in [-0.2, -0.15) is 0 Å². The van der Waals surface area contributed by atoms with Crippen LogP contribution in [0.4, 0.5) is 0 Å². The zero-order valence-corrected chi connectivity index (χ0v) is 19.3. The van der Waals surface area contributed by atoms with Gasteiger partial charge in [0.1, 0.15) is 0 Å². The molecule has 0 fully saturated rings. The summed E-state index contributed by atoms with van der Waals surface area (Å²) >= 11 is 0. The van der Waals surface area contributed by atoms with Crippen molar-refractivity contribution in [3.05, 3.63) is 48.0 Å². The van der Waals surface area contributed by atoms with Gasteiger partial charge in [-0.15, -0.1) is 0 Å². The standard InChI is InChI=1S/C23H39NO2Si/c1-19(2)17-18-24-22(25)16-15-21(26-27(6,7)23(3,4)5)14-13-20-11-9-8-10-12-20/h8-12,15-16,19,21H,13-14,17-18H2,1-7H3,(H,24,25)/b16-15-. The normalized spacial score (nSPS) is 13.9. The molecule has 3 nitrogen and oxygen atoms in total. The average Bonchev–Trinajstić information content (AvgIpc) is 2.56. The molecule has 0 aliphatic carbocycles. The molecular weight excluding hydrogens is 350 g/mol. The third-order valence-electron chi connectivity index (χ3n) is 5.30. The number of nitrogens with one attached hydrogen (secondary N) is 1. The van der Waals surface area contributed by atoms with Crippen molar-refractivity contribution >= 4 is 14.2 Å². The van der Waals surface area contributed by atoms with Crippen molar-refractivity contribution in [2.75, 3.05) is 6.54 Å². The number of hydrogen-bond donors (Lipinski definition) is 1. The molecule has 0 radical (unpaired) electrons. The Kier molecular flexibility index (Phi) is 9.47. The summed E-state index contributed by atoms with van der Waals surface area (Å²) < 4.78 is 6.59. The maximum atomic E-state index is 12.1. The number of benzene rings is 1. The summed E-state index contributed by atoms with van der Waals surface area (Å²) in [6.07, 6.45) is 6.39. The van der Waals surface area contributed by atoms with Crippen molar-refractivity contribution < 1.29 is 9.22 Å². The van der Waals surface area contributed by atoms with Gasteiger partial charge in [0, 0.05) is 12.6 Å². The van der Waals surface area contributed by atoms with Gasteiger partial charge in [0.25, 0.3) is 0 Å². The Labute approximate surface area is 167 Å². The third kappa shape index (κ3) is 9.38. The summed E-state index contributed by atoms with van der Waals surface area (Å²) in [4.78, 5) is 12.1. The minimum absolute atomic E-state index is 0.0285. The predicted octanol–water partition coefficient (Wildman–Crippen LogP) is 5.73. The van der Waals surface area contributed by atoms with Crippen LogP contribution in [0.25, 0.3) is 0 Å². The molecule has 152 valence electrons. The van der Waals surface area contributed by atoms with Gasteiger partial charge in [0.2, 0.25) is 5.91 Å². The van der Waals surface area contributed by atoms with Crippen LogP contribution in [-0.4, -0.2) is 26.9 Å². The highest BCUT2D eigenvalue weighted by Gasteiger charge is 2.38. The molecule has 0 saturated carbocycles. The van der Waals surface area contributed by atoms with Gasteiger partial charge in [-0.3, -0.25) is 4.79 Å². The van der Waals surface area contributed by atoms with E-state index in [9.17, 15) is 4.79 Å². The summed E-state index contributed by atoms with van der Waals surface area (Å²) in [5.41, 5.74) is 1.30. The lowest BCUT2D eigenvalue weighted by atomic mass is 10.1. The van der Waals surface area contributed by atoms with Crippen molar-refractivity contribution in [1.29, 1.82) is 0 Å². The molecular formula is C23H39NO2Si. The second-order valence-electron chi connectivity index (χ2n) is 9.27. The average molecular weight is 390 g/mol. The van der Waals surface area contributed by atoms with Gasteiger partial charge in [-0.25, -0.2) is 0 Å². The maximum Gasteiger partial charge on any atom is 0.243 e. The van der Waals surface area contributed by atoms with Crippen molar-refractivity contribution in [2.45, 2.75) is 78.1 Å². The van der Waals surface area contributed by atoms with Crippen LogP contribution in [0, 0.1) is 5.92 Å². The molecule has 0 heterocycles. The van der Waals surface area contributed by atoms with Crippen LogP contribution in [0.3, 0.4) is 0 Å². The molecule has 1 unspecified atom stereocenters. The Bertz CT molecular complexity index is 588. The molecule has 1 aromatic carbocycles. The van der Waals surface area contributed by atoms with E-state index >= 15 is 0 Å². The second-order valence-corrected chi connectivity index (χ2v) is 14.0. The molecule has 1 amide bonds.